The Hall–Kier alpha value is -3.45. The van der Waals surface area contributed by atoms with Gasteiger partial charge in [-0.1, -0.05) is 6.07 Å². The highest BCUT2D eigenvalue weighted by Crippen LogP contribution is 2.26. The number of hydrogen-bond acceptors (Lipinski definition) is 8. The molecule has 12 heteroatoms. The van der Waals surface area contributed by atoms with Crippen LogP contribution in [-0.4, -0.2) is 59.9 Å². The Bertz CT molecular complexity index is 1530. The summed E-state index contributed by atoms with van der Waals surface area (Å²) >= 11 is 1.22. The lowest BCUT2D eigenvalue weighted by atomic mass is 10.1. The van der Waals surface area contributed by atoms with Crippen LogP contribution in [0.5, 0.6) is 0 Å². The molecule has 1 aliphatic heterocycles. The van der Waals surface area contributed by atoms with E-state index in [1.54, 1.807) is 23.7 Å². The molecule has 0 radical (unpaired) electrons. The van der Waals surface area contributed by atoms with E-state index < -0.39 is 21.5 Å². The molecular weight excluding hydrogens is 478 g/mol. The molecule has 34 heavy (non-hydrogen) atoms. The van der Waals surface area contributed by atoms with E-state index in [0.29, 0.717) is 40.6 Å². The van der Waals surface area contributed by atoms with Crippen LogP contribution < -0.4 is 10.9 Å². The first-order valence-corrected chi connectivity index (χ1v) is 12.7. The van der Waals surface area contributed by atoms with Gasteiger partial charge in [0, 0.05) is 41.6 Å². The zero-order valence-corrected chi connectivity index (χ0v) is 19.4. The lowest BCUT2D eigenvalue weighted by Crippen LogP contribution is -2.40. The van der Waals surface area contributed by atoms with Gasteiger partial charge in [0.15, 0.2) is 5.13 Å². The highest BCUT2D eigenvalue weighted by Gasteiger charge is 2.27. The van der Waals surface area contributed by atoms with Crippen LogP contribution in [0, 0.1) is 0 Å². The van der Waals surface area contributed by atoms with Gasteiger partial charge in [0.2, 0.25) is 15.6 Å². The van der Waals surface area contributed by atoms with Crippen molar-refractivity contribution in [1.82, 2.24) is 19.3 Å². The summed E-state index contributed by atoms with van der Waals surface area (Å²) in [5.41, 5.74) is 1.20. The molecule has 5 rings (SSSR count). The fraction of sp³-hybridized carbons (Fsp3) is 0.182. The van der Waals surface area contributed by atoms with Crippen molar-refractivity contribution in [3.63, 3.8) is 0 Å². The van der Waals surface area contributed by atoms with Crippen molar-refractivity contribution in [2.45, 2.75) is 4.90 Å². The number of morpholine rings is 1. The summed E-state index contributed by atoms with van der Waals surface area (Å²) in [4.78, 5) is 36.6. The molecule has 4 heterocycles. The first kappa shape index (κ1) is 22.3. The van der Waals surface area contributed by atoms with E-state index in [2.05, 4.69) is 20.3 Å². The Morgan fingerprint density at radius 2 is 1.94 bits per heavy atom. The molecule has 0 unspecified atom stereocenters. The zero-order valence-electron chi connectivity index (χ0n) is 17.7. The van der Waals surface area contributed by atoms with Crippen LogP contribution in [0.15, 0.2) is 63.7 Å². The molecule has 1 aromatic carbocycles. The number of ether oxygens (including phenoxy) is 1. The van der Waals surface area contributed by atoms with Gasteiger partial charge in [-0.25, -0.2) is 13.4 Å². The number of anilines is 1. The molecule has 10 nitrogen and oxygen atoms in total. The predicted octanol–water partition coefficient (Wildman–Crippen LogP) is 2.32. The fourth-order valence-corrected chi connectivity index (χ4v) is 5.78. The van der Waals surface area contributed by atoms with E-state index >= 15 is 0 Å². The summed E-state index contributed by atoms with van der Waals surface area (Å²) < 4.78 is 32.8. The van der Waals surface area contributed by atoms with E-state index in [-0.39, 0.29) is 23.5 Å². The smallest absolute Gasteiger partial charge is 0.258 e. The summed E-state index contributed by atoms with van der Waals surface area (Å²) in [6.45, 7) is 1.15. The molecule has 1 aliphatic rings. The van der Waals surface area contributed by atoms with E-state index in [4.69, 9.17) is 4.74 Å². The highest BCUT2D eigenvalue weighted by atomic mass is 32.2. The number of carbonyl (C=O) groups is 1. The number of benzene rings is 1. The maximum atomic E-state index is 13.1. The minimum atomic E-state index is -3.78. The fourth-order valence-electron chi connectivity index (χ4n) is 3.64. The number of thiazole rings is 1. The average Bonchev–Trinajstić information content (AvgIpc) is 3.32. The highest BCUT2D eigenvalue weighted by molar-refractivity contribution is 7.89. The van der Waals surface area contributed by atoms with Gasteiger partial charge in [-0.15, -0.1) is 11.3 Å². The number of hydrogen-bond donors (Lipinski definition) is 2. The second kappa shape index (κ2) is 9.06. The molecule has 2 N–H and O–H groups in total. The molecule has 0 aliphatic carbocycles. The molecule has 1 fully saturated rings. The van der Waals surface area contributed by atoms with Crippen molar-refractivity contribution in [3.8, 4) is 11.4 Å². The van der Waals surface area contributed by atoms with Crippen molar-refractivity contribution in [1.29, 1.82) is 0 Å². The SMILES string of the molecule is O=C(Nc1nc(-c2ccccn2)cs1)c1cc(=O)[nH]c2ccc(S(=O)(=O)N3CCOCC3)cc12. The van der Waals surface area contributed by atoms with Crippen molar-refractivity contribution in [3.05, 3.63) is 70.0 Å². The number of pyridine rings is 2. The number of amides is 1. The van der Waals surface area contributed by atoms with Crippen LogP contribution in [0.1, 0.15) is 10.4 Å². The standard InChI is InChI=1S/C22H19N5O5S2/c28-20-12-16(21(29)26-22-25-19(13-33-22)18-3-1-2-6-23-18)15-11-14(4-5-17(15)24-20)34(30,31)27-7-9-32-10-8-27/h1-6,11-13H,7-10H2,(H,24,28)(H,25,26,29). The van der Waals surface area contributed by atoms with Crippen molar-refractivity contribution < 1.29 is 17.9 Å². The third-order valence-electron chi connectivity index (χ3n) is 5.32. The molecule has 3 aromatic heterocycles. The van der Waals surface area contributed by atoms with Crippen molar-refractivity contribution in [2.75, 3.05) is 31.6 Å². The minimum absolute atomic E-state index is 0.0367. The van der Waals surface area contributed by atoms with Crippen molar-refractivity contribution in [2.24, 2.45) is 0 Å². The van der Waals surface area contributed by atoms with E-state index in [1.807, 2.05) is 6.07 Å². The summed E-state index contributed by atoms with van der Waals surface area (Å²) in [7, 11) is -3.78. The quantitative estimate of drug-likeness (QED) is 0.432. The third kappa shape index (κ3) is 4.35. The summed E-state index contributed by atoms with van der Waals surface area (Å²) in [5.74, 6) is -0.570. The van der Waals surface area contributed by atoms with Gasteiger partial charge >= 0.3 is 0 Å². The average molecular weight is 498 g/mol. The summed E-state index contributed by atoms with van der Waals surface area (Å²) in [6, 6.07) is 10.9. The second-order valence-corrected chi connectivity index (χ2v) is 10.3. The Labute approximate surface area is 198 Å². The Morgan fingerprint density at radius 1 is 1.12 bits per heavy atom. The number of aromatic nitrogens is 3. The molecule has 0 bridgehead atoms. The monoisotopic (exact) mass is 497 g/mol. The summed E-state index contributed by atoms with van der Waals surface area (Å²) in [6.07, 6.45) is 1.65. The van der Waals surface area contributed by atoms with Gasteiger partial charge in [-0.2, -0.15) is 4.31 Å². The van der Waals surface area contributed by atoms with Crippen LogP contribution in [0.3, 0.4) is 0 Å². The molecule has 0 spiro atoms. The van der Waals surface area contributed by atoms with Gasteiger partial charge in [0.25, 0.3) is 5.91 Å². The molecule has 0 atom stereocenters. The van der Waals surface area contributed by atoms with Gasteiger partial charge in [0.05, 0.1) is 29.4 Å². The molecule has 174 valence electrons. The number of nitrogens with one attached hydrogen (secondary N) is 2. The number of carbonyl (C=O) groups excluding carboxylic acids is 1. The first-order chi connectivity index (χ1) is 16.4. The lowest BCUT2D eigenvalue weighted by molar-refractivity contribution is 0.0730. The van der Waals surface area contributed by atoms with Gasteiger partial charge in [0.1, 0.15) is 5.69 Å². The first-order valence-electron chi connectivity index (χ1n) is 10.3. The van der Waals surface area contributed by atoms with Crippen LogP contribution in [0.2, 0.25) is 0 Å². The normalized spacial score (nSPS) is 14.8. The number of aromatic amines is 1. The van der Waals surface area contributed by atoms with Crippen LogP contribution in [0.25, 0.3) is 22.3 Å². The number of H-pyrrole nitrogens is 1. The van der Waals surface area contributed by atoms with E-state index in [0.717, 1.165) is 6.07 Å². The van der Waals surface area contributed by atoms with Crippen molar-refractivity contribution >= 4 is 43.3 Å². The van der Waals surface area contributed by atoms with Gasteiger partial charge < -0.3 is 9.72 Å². The van der Waals surface area contributed by atoms with Gasteiger partial charge in [-0.3, -0.25) is 19.9 Å². The topological polar surface area (TPSA) is 134 Å². The number of nitrogens with zero attached hydrogens (tertiary/aromatic N) is 3. The van der Waals surface area contributed by atoms with Crippen LogP contribution in [-0.2, 0) is 14.8 Å². The maximum absolute atomic E-state index is 13.1. The predicted molar refractivity (Wildman–Crippen MR) is 127 cm³/mol. The largest absolute Gasteiger partial charge is 0.379 e. The number of fused-ring (bicyclic) bond motifs is 1. The Balaban J connectivity index is 1.49. The number of sulfonamides is 1. The maximum Gasteiger partial charge on any atom is 0.258 e. The molecule has 0 saturated carbocycles. The molecular formula is C22H19N5O5S2. The Kier molecular flexibility index (Phi) is 5.96. The third-order valence-corrected chi connectivity index (χ3v) is 7.97. The van der Waals surface area contributed by atoms with Gasteiger partial charge in [-0.05, 0) is 30.3 Å². The lowest BCUT2D eigenvalue weighted by Gasteiger charge is -2.26. The van der Waals surface area contributed by atoms with Crippen LogP contribution in [0.4, 0.5) is 5.13 Å². The molecule has 1 amide bonds. The number of rotatable bonds is 5. The molecule has 1 saturated heterocycles. The Morgan fingerprint density at radius 3 is 2.71 bits per heavy atom. The zero-order chi connectivity index (χ0) is 23.7. The van der Waals surface area contributed by atoms with E-state index in [9.17, 15) is 18.0 Å². The minimum Gasteiger partial charge on any atom is -0.379 e. The second-order valence-electron chi connectivity index (χ2n) is 7.48. The van der Waals surface area contributed by atoms with E-state index in [1.165, 1.54) is 33.8 Å². The van der Waals surface area contributed by atoms with Crippen LogP contribution >= 0.6 is 11.3 Å². The molecule has 4 aromatic rings. The summed E-state index contributed by atoms with van der Waals surface area (Å²) in [5, 5.41) is 5.11.